The molecule has 0 atom stereocenters. The maximum Gasteiger partial charge on any atom is 0.271 e. The summed E-state index contributed by atoms with van der Waals surface area (Å²) < 4.78 is 60.7. The monoisotopic (exact) mass is 601 g/mol. The van der Waals surface area contributed by atoms with E-state index in [0.717, 1.165) is 17.4 Å². The Labute approximate surface area is 234 Å². The van der Waals surface area contributed by atoms with E-state index in [4.69, 9.17) is 4.74 Å². The first-order chi connectivity index (χ1) is 19.1. The van der Waals surface area contributed by atoms with Gasteiger partial charge < -0.3 is 4.74 Å². The van der Waals surface area contributed by atoms with Crippen LogP contribution in [-0.4, -0.2) is 40.7 Å². The van der Waals surface area contributed by atoms with Crippen molar-refractivity contribution in [2.75, 3.05) is 11.8 Å². The van der Waals surface area contributed by atoms with E-state index in [1.807, 2.05) is 0 Å². The molecule has 2 aromatic heterocycles. The van der Waals surface area contributed by atoms with Gasteiger partial charge in [0, 0.05) is 23.0 Å². The van der Waals surface area contributed by atoms with Gasteiger partial charge in [-0.1, -0.05) is 12.1 Å². The highest BCUT2D eigenvalue weighted by atomic mass is 32.2. The topological polar surface area (TPSA) is 173 Å². The van der Waals surface area contributed by atoms with Crippen LogP contribution in [0.5, 0.6) is 5.75 Å². The second-order valence-electron chi connectivity index (χ2n) is 8.03. The third-order valence-corrected chi connectivity index (χ3v) is 9.53. The number of anilines is 1. The van der Waals surface area contributed by atoms with Crippen molar-refractivity contribution in [3.8, 4) is 5.75 Å². The fourth-order valence-electron chi connectivity index (χ4n) is 3.35. The number of aromatic nitrogens is 1. The number of rotatable bonds is 10. The Bertz CT molecular complexity index is 1710. The van der Waals surface area contributed by atoms with Crippen molar-refractivity contribution < 1.29 is 31.2 Å². The number of nitrogens with one attached hydrogen (secondary N) is 4. The van der Waals surface area contributed by atoms with Gasteiger partial charge in [-0.2, -0.15) is 0 Å². The molecule has 2 aromatic carbocycles. The van der Waals surface area contributed by atoms with Gasteiger partial charge in [0.25, 0.3) is 21.8 Å². The van der Waals surface area contributed by atoms with Gasteiger partial charge in [-0.05, 0) is 66.0 Å². The van der Waals surface area contributed by atoms with E-state index in [1.165, 1.54) is 55.8 Å². The number of thiophene rings is 1. The lowest BCUT2D eigenvalue weighted by Crippen LogP contribution is -2.41. The lowest BCUT2D eigenvalue weighted by atomic mass is 10.2. The van der Waals surface area contributed by atoms with Gasteiger partial charge >= 0.3 is 0 Å². The van der Waals surface area contributed by atoms with Crippen LogP contribution in [0.2, 0.25) is 0 Å². The number of pyridine rings is 1. The molecule has 15 heteroatoms. The van der Waals surface area contributed by atoms with Crippen LogP contribution in [0, 0.1) is 0 Å². The maximum atomic E-state index is 12.9. The number of benzene rings is 2. The molecule has 0 aliphatic carbocycles. The molecule has 0 fully saturated rings. The SMILES string of the molecule is COc1ccc(C(=O)NNC(=O)c2ccc(NS(=O)(=O)c3cccs3)cc2)cc1S(=O)(=O)NCc1ccccn1. The van der Waals surface area contributed by atoms with Crippen LogP contribution in [0.3, 0.4) is 0 Å². The Kier molecular flexibility index (Phi) is 8.79. The number of carbonyl (C=O) groups excluding carboxylic acids is 2. The molecule has 0 unspecified atom stereocenters. The molecule has 0 spiro atoms. The van der Waals surface area contributed by atoms with Gasteiger partial charge in [-0.15, -0.1) is 11.3 Å². The first-order valence-corrected chi connectivity index (χ1v) is 15.3. The van der Waals surface area contributed by atoms with Gasteiger partial charge in [0.2, 0.25) is 10.0 Å². The Morgan fingerprint density at radius 3 is 2.17 bits per heavy atom. The van der Waals surface area contributed by atoms with Crippen LogP contribution in [0.25, 0.3) is 0 Å². The Balaban J connectivity index is 1.39. The molecule has 0 saturated carbocycles. The highest BCUT2D eigenvalue weighted by Gasteiger charge is 2.22. The van der Waals surface area contributed by atoms with Crippen molar-refractivity contribution >= 4 is 48.9 Å². The quantitative estimate of drug-likeness (QED) is 0.201. The summed E-state index contributed by atoms with van der Waals surface area (Å²) in [5, 5.41) is 1.64. The highest BCUT2D eigenvalue weighted by molar-refractivity contribution is 7.94. The lowest BCUT2D eigenvalue weighted by Gasteiger charge is -2.13. The number of nitrogens with zero attached hydrogens (tertiary/aromatic N) is 1. The number of hydrogen-bond acceptors (Lipinski definition) is 9. The summed E-state index contributed by atoms with van der Waals surface area (Å²) in [6.07, 6.45) is 1.53. The molecule has 4 rings (SSSR count). The van der Waals surface area contributed by atoms with Gasteiger partial charge in [0.05, 0.1) is 19.3 Å². The third-order valence-electron chi connectivity index (χ3n) is 5.33. The third kappa shape index (κ3) is 7.01. The molecule has 2 heterocycles. The van der Waals surface area contributed by atoms with Gasteiger partial charge in [0.15, 0.2) is 0 Å². The van der Waals surface area contributed by atoms with E-state index < -0.39 is 31.9 Å². The van der Waals surface area contributed by atoms with Crippen LogP contribution < -0.4 is 25.0 Å². The second-order valence-corrected chi connectivity index (χ2v) is 12.6. The maximum absolute atomic E-state index is 12.9. The zero-order valence-electron chi connectivity index (χ0n) is 20.8. The normalized spacial score (nSPS) is 11.4. The molecular formula is C25H23N5O7S3. The van der Waals surface area contributed by atoms with Crippen molar-refractivity contribution in [2.45, 2.75) is 15.6 Å². The molecular weight excluding hydrogens is 579 g/mol. The number of hydrazine groups is 1. The number of sulfonamides is 2. The summed E-state index contributed by atoms with van der Waals surface area (Å²) >= 11 is 1.07. The van der Waals surface area contributed by atoms with Crippen LogP contribution in [0.4, 0.5) is 5.69 Å². The number of ether oxygens (including phenoxy) is 1. The molecule has 0 aliphatic rings. The fourth-order valence-corrected chi connectivity index (χ4v) is 6.59. The molecule has 0 radical (unpaired) electrons. The summed E-state index contributed by atoms with van der Waals surface area (Å²) in [5.74, 6) is -1.44. The van der Waals surface area contributed by atoms with Crippen molar-refractivity contribution in [2.24, 2.45) is 0 Å². The summed E-state index contributed by atoms with van der Waals surface area (Å²) in [4.78, 5) is 29.0. The fraction of sp³-hybridized carbons (Fsp3) is 0.0800. The van der Waals surface area contributed by atoms with Crippen LogP contribution in [-0.2, 0) is 26.6 Å². The van der Waals surface area contributed by atoms with Crippen molar-refractivity contribution in [1.29, 1.82) is 0 Å². The predicted molar refractivity (Wildman–Crippen MR) is 148 cm³/mol. The largest absolute Gasteiger partial charge is 0.495 e. The molecule has 2 amide bonds. The first kappa shape index (κ1) is 28.7. The molecule has 4 aromatic rings. The summed E-state index contributed by atoms with van der Waals surface area (Å²) in [6, 6.07) is 17.5. The zero-order valence-corrected chi connectivity index (χ0v) is 23.3. The minimum atomic E-state index is -4.09. The predicted octanol–water partition coefficient (Wildman–Crippen LogP) is 2.51. The van der Waals surface area contributed by atoms with E-state index in [0.29, 0.717) is 5.69 Å². The number of hydrogen-bond donors (Lipinski definition) is 4. The van der Waals surface area contributed by atoms with Crippen LogP contribution in [0.1, 0.15) is 26.4 Å². The Hall–Kier alpha value is -4.31. The van der Waals surface area contributed by atoms with Gasteiger partial charge in [0.1, 0.15) is 14.9 Å². The first-order valence-electron chi connectivity index (χ1n) is 11.4. The van der Waals surface area contributed by atoms with E-state index >= 15 is 0 Å². The van der Waals surface area contributed by atoms with E-state index in [1.54, 1.807) is 29.6 Å². The van der Waals surface area contributed by atoms with Crippen LogP contribution >= 0.6 is 11.3 Å². The van der Waals surface area contributed by atoms with Crippen molar-refractivity contribution in [1.82, 2.24) is 20.6 Å². The van der Waals surface area contributed by atoms with Gasteiger partial charge in [-0.3, -0.25) is 30.1 Å². The molecule has 0 bridgehead atoms. The average molecular weight is 602 g/mol. The summed E-state index contributed by atoms with van der Waals surface area (Å²) in [7, 11) is -6.54. The van der Waals surface area contributed by atoms with E-state index in [-0.39, 0.29) is 38.2 Å². The Morgan fingerprint density at radius 1 is 0.850 bits per heavy atom. The van der Waals surface area contributed by atoms with Crippen LogP contribution in [0.15, 0.2) is 93.5 Å². The zero-order chi connectivity index (χ0) is 28.8. The molecule has 12 nitrogen and oxygen atoms in total. The number of amides is 2. The highest BCUT2D eigenvalue weighted by Crippen LogP contribution is 2.25. The van der Waals surface area contributed by atoms with E-state index in [2.05, 4.69) is 25.3 Å². The Morgan fingerprint density at radius 2 is 1.55 bits per heavy atom. The number of carbonyl (C=O) groups is 2. The molecule has 0 aliphatic heterocycles. The molecule has 0 saturated heterocycles. The average Bonchev–Trinajstić information content (AvgIpc) is 3.52. The standard InChI is InChI=1S/C25H23N5O7S3/c1-37-21-12-9-18(15-22(21)39(33,34)27-16-20-5-2-3-13-26-20)25(32)29-28-24(31)17-7-10-19(11-8-17)30-40(35,36)23-6-4-14-38-23/h2-15,27,30H,16H2,1H3,(H,28,31)(H,29,32). The minimum Gasteiger partial charge on any atom is -0.495 e. The second kappa shape index (κ2) is 12.3. The minimum absolute atomic E-state index is 0.0175. The molecule has 4 N–H and O–H groups in total. The lowest BCUT2D eigenvalue weighted by molar-refractivity contribution is 0.0846. The number of methoxy groups -OCH3 is 1. The van der Waals surface area contributed by atoms with Crippen molar-refractivity contribution in [3.05, 3.63) is 101 Å². The summed E-state index contributed by atoms with van der Waals surface area (Å²) in [6.45, 7) is -0.0763. The molecule has 40 heavy (non-hydrogen) atoms. The summed E-state index contributed by atoms with van der Waals surface area (Å²) in [5.41, 5.74) is 5.29. The van der Waals surface area contributed by atoms with Crippen molar-refractivity contribution in [3.63, 3.8) is 0 Å². The smallest absolute Gasteiger partial charge is 0.271 e. The van der Waals surface area contributed by atoms with Gasteiger partial charge in [-0.25, -0.2) is 21.6 Å². The van der Waals surface area contributed by atoms with E-state index in [9.17, 15) is 26.4 Å². The molecule has 208 valence electrons.